The third kappa shape index (κ3) is 4.06. The summed E-state index contributed by atoms with van der Waals surface area (Å²) in [5.74, 6) is 0.250. The van der Waals surface area contributed by atoms with E-state index < -0.39 is 0 Å². The summed E-state index contributed by atoms with van der Waals surface area (Å²) in [5.41, 5.74) is 2.87. The maximum absolute atomic E-state index is 13.2. The smallest absolute Gasteiger partial charge is 0.310 e. The lowest BCUT2D eigenvalue weighted by Gasteiger charge is -2.08. The summed E-state index contributed by atoms with van der Waals surface area (Å²) in [7, 11) is 1.59. The van der Waals surface area contributed by atoms with Crippen LogP contribution in [0.3, 0.4) is 0 Å². The van der Waals surface area contributed by atoms with Crippen molar-refractivity contribution >= 4 is 45.4 Å². The van der Waals surface area contributed by atoms with Crippen LogP contribution >= 0.6 is 22.6 Å². The summed E-state index contributed by atoms with van der Waals surface area (Å²) >= 11 is 2.21. The second-order valence-corrected chi connectivity index (χ2v) is 7.74. The Bertz CT molecular complexity index is 1020. The molecule has 0 N–H and O–H groups in total. The van der Waals surface area contributed by atoms with Gasteiger partial charge in [0.1, 0.15) is 5.75 Å². The lowest BCUT2D eigenvalue weighted by molar-refractivity contribution is -0.142. The van der Waals surface area contributed by atoms with Crippen LogP contribution in [-0.2, 0) is 16.0 Å². The third-order valence-electron chi connectivity index (χ3n) is 4.62. The first-order valence-corrected chi connectivity index (χ1v) is 10.2. The van der Waals surface area contributed by atoms with Crippen LogP contribution in [-0.4, -0.2) is 30.2 Å². The topological polar surface area (TPSA) is 57.5 Å². The fourth-order valence-corrected chi connectivity index (χ4v) is 3.57. The van der Waals surface area contributed by atoms with Gasteiger partial charge in [-0.3, -0.25) is 14.2 Å². The van der Waals surface area contributed by atoms with Gasteiger partial charge in [-0.15, -0.1) is 0 Å². The van der Waals surface area contributed by atoms with Gasteiger partial charge in [0.25, 0.3) is 5.91 Å². The monoisotopic (exact) mass is 491 g/mol. The molecule has 1 heterocycles. The molecule has 3 rings (SSSR count). The van der Waals surface area contributed by atoms with Crippen molar-refractivity contribution in [2.45, 2.75) is 26.7 Å². The fourth-order valence-electron chi connectivity index (χ4n) is 3.21. The number of ether oxygens (including phenoxy) is 2. The highest BCUT2D eigenvalue weighted by molar-refractivity contribution is 14.1. The Morgan fingerprint density at radius 1 is 1.11 bits per heavy atom. The van der Waals surface area contributed by atoms with Crippen LogP contribution in [0, 0.1) is 10.5 Å². The minimum atomic E-state index is -0.298. The summed E-state index contributed by atoms with van der Waals surface area (Å²) in [4.78, 5) is 25.5. The highest BCUT2D eigenvalue weighted by atomic mass is 127. The highest BCUT2D eigenvalue weighted by Crippen LogP contribution is 2.31. The molecule has 0 radical (unpaired) electrons. The Morgan fingerprint density at radius 2 is 1.82 bits per heavy atom. The van der Waals surface area contributed by atoms with E-state index in [0.29, 0.717) is 17.9 Å². The van der Waals surface area contributed by atoms with Gasteiger partial charge >= 0.3 is 5.97 Å². The number of esters is 1. The maximum Gasteiger partial charge on any atom is 0.310 e. The number of halogens is 1. The van der Waals surface area contributed by atoms with E-state index >= 15 is 0 Å². The first-order chi connectivity index (χ1) is 13.5. The molecule has 0 saturated heterocycles. The van der Waals surface area contributed by atoms with E-state index in [0.717, 1.165) is 32.2 Å². The molecule has 2 aromatic carbocycles. The standard InChI is InChI=1S/C22H22INO4/c1-4-11-28-21(25)13-18-14(2)24(20-10-9-17(27-3)12-19(18)20)22(26)15-5-7-16(23)8-6-15/h5-10,12H,4,11,13H2,1-3H3. The maximum atomic E-state index is 13.2. The molecular weight excluding hydrogens is 469 g/mol. The van der Waals surface area contributed by atoms with Crippen LogP contribution in [0.5, 0.6) is 5.75 Å². The SMILES string of the molecule is CCCOC(=O)Cc1c(C)n(C(=O)c2ccc(I)cc2)c2ccc(OC)cc12. The average molecular weight is 491 g/mol. The van der Waals surface area contributed by atoms with Crippen molar-refractivity contribution in [1.29, 1.82) is 0 Å². The molecule has 0 aliphatic heterocycles. The molecule has 3 aromatic rings. The van der Waals surface area contributed by atoms with Crippen molar-refractivity contribution < 1.29 is 19.1 Å². The van der Waals surface area contributed by atoms with Gasteiger partial charge in [0.15, 0.2) is 0 Å². The zero-order valence-corrected chi connectivity index (χ0v) is 18.3. The summed E-state index contributed by atoms with van der Waals surface area (Å²) in [6, 6.07) is 13.0. The number of carbonyl (C=O) groups excluding carboxylic acids is 2. The molecule has 0 spiro atoms. The summed E-state index contributed by atoms with van der Waals surface area (Å²) in [6.45, 7) is 4.20. The molecule has 0 saturated carbocycles. The zero-order chi connectivity index (χ0) is 20.3. The van der Waals surface area contributed by atoms with E-state index in [4.69, 9.17) is 9.47 Å². The molecule has 0 fully saturated rings. The van der Waals surface area contributed by atoms with Gasteiger partial charge in [0, 0.05) is 20.2 Å². The van der Waals surface area contributed by atoms with Crippen molar-refractivity contribution in [3.05, 3.63) is 62.9 Å². The van der Waals surface area contributed by atoms with Gasteiger partial charge in [-0.2, -0.15) is 0 Å². The lowest BCUT2D eigenvalue weighted by Crippen LogP contribution is -2.14. The van der Waals surface area contributed by atoms with E-state index in [9.17, 15) is 9.59 Å². The molecule has 0 unspecified atom stereocenters. The number of hydrogen-bond donors (Lipinski definition) is 0. The van der Waals surface area contributed by atoms with Gasteiger partial charge < -0.3 is 9.47 Å². The second-order valence-electron chi connectivity index (χ2n) is 6.49. The second kappa shape index (κ2) is 8.77. The minimum Gasteiger partial charge on any atom is -0.497 e. The van der Waals surface area contributed by atoms with Crippen LogP contribution in [0.2, 0.25) is 0 Å². The molecule has 146 valence electrons. The van der Waals surface area contributed by atoms with Crippen LogP contribution in [0.25, 0.3) is 10.9 Å². The number of nitrogens with zero attached hydrogens (tertiary/aromatic N) is 1. The Kier molecular flexibility index (Phi) is 6.39. The number of rotatable bonds is 6. The molecule has 0 aliphatic rings. The first kappa shape index (κ1) is 20.4. The molecule has 0 bridgehead atoms. The predicted octanol–water partition coefficient (Wildman–Crippen LogP) is 4.75. The molecule has 0 atom stereocenters. The molecule has 1 aromatic heterocycles. The number of hydrogen-bond acceptors (Lipinski definition) is 4. The Labute approximate surface area is 177 Å². The van der Waals surface area contributed by atoms with E-state index in [1.165, 1.54) is 0 Å². The van der Waals surface area contributed by atoms with E-state index in [-0.39, 0.29) is 18.3 Å². The predicted molar refractivity (Wildman–Crippen MR) is 117 cm³/mol. The van der Waals surface area contributed by atoms with Gasteiger partial charge in [-0.05, 0) is 84.0 Å². The van der Waals surface area contributed by atoms with Crippen LogP contribution in [0.4, 0.5) is 0 Å². The quantitative estimate of drug-likeness (QED) is 0.369. The molecular formula is C22H22INO4. The fraction of sp³-hybridized carbons (Fsp3) is 0.273. The Balaban J connectivity index is 2.12. The number of methoxy groups -OCH3 is 1. The van der Waals surface area contributed by atoms with Gasteiger partial charge in [-0.1, -0.05) is 6.92 Å². The van der Waals surface area contributed by atoms with Crippen molar-refractivity contribution in [1.82, 2.24) is 4.57 Å². The van der Waals surface area contributed by atoms with Crippen molar-refractivity contribution in [2.75, 3.05) is 13.7 Å². The average Bonchev–Trinajstić information content (AvgIpc) is 2.97. The van der Waals surface area contributed by atoms with Crippen molar-refractivity contribution in [3.63, 3.8) is 0 Å². The highest BCUT2D eigenvalue weighted by Gasteiger charge is 2.22. The van der Waals surface area contributed by atoms with Crippen LogP contribution in [0.1, 0.15) is 35.0 Å². The minimum absolute atomic E-state index is 0.114. The van der Waals surface area contributed by atoms with Gasteiger partial charge in [0.05, 0.1) is 25.7 Å². The van der Waals surface area contributed by atoms with Gasteiger partial charge in [0.2, 0.25) is 0 Å². The molecule has 5 nitrogen and oxygen atoms in total. The summed E-state index contributed by atoms with van der Waals surface area (Å²) < 4.78 is 13.3. The lowest BCUT2D eigenvalue weighted by atomic mass is 10.1. The first-order valence-electron chi connectivity index (χ1n) is 9.10. The Morgan fingerprint density at radius 3 is 2.46 bits per heavy atom. The van der Waals surface area contributed by atoms with Crippen molar-refractivity contribution in [2.24, 2.45) is 0 Å². The molecule has 0 amide bonds. The number of aromatic nitrogens is 1. The molecule has 6 heteroatoms. The normalized spacial score (nSPS) is 10.9. The Hall–Kier alpha value is -2.35. The molecule has 0 aliphatic carbocycles. The third-order valence-corrected chi connectivity index (χ3v) is 5.34. The molecule has 28 heavy (non-hydrogen) atoms. The van der Waals surface area contributed by atoms with Crippen LogP contribution in [0.15, 0.2) is 42.5 Å². The summed E-state index contributed by atoms with van der Waals surface area (Å²) in [6.07, 6.45) is 0.883. The van der Waals surface area contributed by atoms with E-state index in [1.807, 2.05) is 56.3 Å². The van der Waals surface area contributed by atoms with E-state index in [2.05, 4.69) is 22.6 Å². The number of benzene rings is 2. The van der Waals surface area contributed by atoms with Crippen LogP contribution < -0.4 is 4.74 Å². The van der Waals surface area contributed by atoms with Gasteiger partial charge in [-0.25, -0.2) is 0 Å². The van der Waals surface area contributed by atoms with E-state index in [1.54, 1.807) is 11.7 Å². The zero-order valence-electron chi connectivity index (χ0n) is 16.1. The largest absolute Gasteiger partial charge is 0.497 e. The number of carbonyl (C=O) groups is 2. The van der Waals surface area contributed by atoms with Crippen molar-refractivity contribution in [3.8, 4) is 5.75 Å². The summed E-state index contributed by atoms with van der Waals surface area (Å²) in [5, 5.41) is 0.823. The number of fused-ring (bicyclic) bond motifs is 1.